The molecule has 35 heavy (non-hydrogen) atoms. The molecule has 5 rings (SSSR count). The van der Waals surface area contributed by atoms with E-state index in [9.17, 15) is 0 Å². The van der Waals surface area contributed by atoms with E-state index in [4.69, 9.17) is 25.0 Å². The number of rotatable bonds is 6. The normalized spacial score (nSPS) is 17.5. The van der Waals surface area contributed by atoms with Crippen LogP contribution in [0.25, 0.3) is 33.1 Å². The van der Waals surface area contributed by atoms with Gasteiger partial charge in [-0.05, 0) is 55.6 Å². The van der Waals surface area contributed by atoms with Crippen molar-refractivity contribution in [1.82, 2.24) is 24.5 Å². The van der Waals surface area contributed by atoms with Crippen molar-refractivity contribution in [3.63, 3.8) is 0 Å². The molecule has 4 heterocycles. The number of nitrogens with two attached hydrogens (primary N) is 1. The molecule has 4 aromatic rings. The fraction of sp³-hybridized carbons (Fsp3) is 0.500. The fourth-order valence-electron chi connectivity index (χ4n) is 4.40. The van der Waals surface area contributed by atoms with E-state index in [1.165, 1.54) is 0 Å². The van der Waals surface area contributed by atoms with Crippen molar-refractivity contribution < 1.29 is 9.16 Å². The molecular formula is C26H36N6O2Si. The zero-order valence-electron chi connectivity index (χ0n) is 21.4. The first kappa shape index (κ1) is 24.0. The predicted octanol–water partition coefficient (Wildman–Crippen LogP) is 5.75. The molecule has 0 bridgehead atoms. The summed E-state index contributed by atoms with van der Waals surface area (Å²) >= 11 is 0. The van der Waals surface area contributed by atoms with Crippen LogP contribution in [0.2, 0.25) is 18.1 Å². The molecule has 0 spiro atoms. The van der Waals surface area contributed by atoms with E-state index in [0.717, 1.165) is 58.9 Å². The van der Waals surface area contributed by atoms with Crippen molar-refractivity contribution in [2.75, 3.05) is 18.9 Å². The van der Waals surface area contributed by atoms with Crippen LogP contribution in [-0.2, 0) is 15.7 Å². The Hall–Kier alpha value is -2.75. The highest BCUT2D eigenvalue weighted by molar-refractivity contribution is 6.74. The van der Waals surface area contributed by atoms with Gasteiger partial charge in [-0.25, -0.2) is 9.67 Å². The Bertz CT molecular complexity index is 1350. The van der Waals surface area contributed by atoms with Crippen LogP contribution in [0.1, 0.15) is 46.3 Å². The van der Waals surface area contributed by atoms with E-state index >= 15 is 0 Å². The lowest BCUT2D eigenvalue weighted by molar-refractivity contribution is -0.0383. The Kier molecular flexibility index (Phi) is 6.19. The molecule has 1 atom stereocenters. The summed E-state index contributed by atoms with van der Waals surface area (Å²) in [5.41, 5.74) is 10.1. The average molecular weight is 493 g/mol. The van der Waals surface area contributed by atoms with Gasteiger partial charge in [0, 0.05) is 30.0 Å². The highest BCUT2D eigenvalue weighted by atomic mass is 28.4. The van der Waals surface area contributed by atoms with Gasteiger partial charge < -0.3 is 14.9 Å². The van der Waals surface area contributed by atoms with Gasteiger partial charge in [-0.1, -0.05) is 26.8 Å². The summed E-state index contributed by atoms with van der Waals surface area (Å²) in [5.74, 6) is 0.491. The predicted molar refractivity (Wildman–Crippen MR) is 143 cm³/mol. The Morgan fingerprint density at radius 1 is 1.17 bits per heavy atom. The molecule has 2 N–H and O–H groups in total. The number of benzene rings is 1. The molecular weight excluding hydrogens is 456 g/mol. The van der Waals surface area contributed by atoms with Crippen molar-refractivity contribution in [2.45, 2.75) is 70.9 Å². The lowest BCUT2D eigenvalue weighted by atomic mass is 10.1. The monoisotopic (exact) mass is 492 g/mol. The van der Waals surface area contributed by atoms with Crippen LogP contribution in [0.15, 0.2) is 36.7 Å². The van der Waals surface area contributed by atoms with Crippen LogP contribution in [0.3, 0.4) is 0 Å². The molecule has 186 valence electrons. The number of hydrogen-bond acceptors (Lipinski definition) is 6. The number of anilines is 1. The molecule has 1 unspecified atom stereocenters. The van der Waals surface area contributed by atoms with Crippen molar-refractivity contribution >= 4 is 35.9 Å². The lowest BCUT2D eigenvalue weighted by Crippen LogP contribution is -2.41. The fourth-order valence-corrected chi connectivity index (χ4v) is 5.43. The molecule has 3 aromatic heterocycles. The van der Waals surface area contributed by atoms with Gasteiger partial charge in [-0.2, -0.15) is 10.2 Å². The number of nitrogen functional groups attached to an aromatic ring is 1. The third-order valence-electron chi connectivity index (χ3n) is 7.52. The number of aromatic nitrogens is 5. The summed E-state index contributed by atoms with van der Waals surface area (Å²) in [6.07, 6.45) is 7.03. The zero-order chi connectivity index (χ0) is 24.8. The molecule has 1 aliphatic heterocycles. The van der Waals surface area contributed by atoms with Gasteiger partial charge in [0.15, 0.2) is 14.5 Å². The Morgan fingerprint density at radius 3 is 2.74 bits per heavy atom. The van der Waals surface area contributed by atoms with E-state index in [-0.39, 0.29) is 11.3 Å². The quantitative estimate of drug-likeness (QED) is 0.344. The summed E-state index contributed by atoms with van der Waals surface area (Å²) in [4.78, 5) is 4.72. The van der Waals surface area contributed by atoms with Gasteiger partial charge in [0.05, 0.1) is 29.7 Å². The summed E-state index contributed by atoms with van der Waals surface area (Å²) in [6.45, 7) is 13.4. The van der Waals surface area contributed by atoms with Gasteiger partial charge in [-0.3, -0.25) is 4.68 Å². The summed E-state index contributed by atoms with van der Waals surface area (Å²) in [7, 11) is -1.80. The SMILES string of the molecule is CC(C)(C)[Si](C)(C)OCCn1cc2c(N)nc3cc(-c4ccnn4C4CCCCO4)ccc3c2n1. The topological polar surface area (TPSA) is 93.0 Å². The Morgan fingerprint density at radius 2 is 2.00 bits per heavy atom. The van der Waals surface area contributed by atoms with E-state index in [1.54, 1.807) is 0 Å². The van der Waals surface area contributed by atoms with Gasteiger partial charge in [0.25, 0.3) is 0 Å². The maximum absolute atomic E-state index is 6.38. The second-order valence-corrected chi connectivity index (χ2v) is 15.8. The first-order valence-electron chi connectivity index (χ1n) is 12.5. The largest absolute Gasteiger partial charge is 0.415 e. The third-order valence-corrected chi connectivity index (χ3v) is 12.1. The van der Waals surface area contributed by atoms with Crippen LogP contribution in [-0.4, -0.2) is 46.1 Å². The van der Waals surface area contributed by atoms with Crippen LogP contribution >= 0.6 is 0 Å². The first-order chi connectivity index (χ1) is 16.6. The summed E-state index contributed by atoms with van der Waals surface area (Å²) in [5, 5.41) is 11.5. The van der Waals surface area contributed by atoms with Crippen LogP contribution in [0, 0.1) is 0 Å². The Balaban J connectivity index is 1.43. The number of nitrogens with zero attached hydrogens (tertiary/aromatic N) is 5. The maximum atomic E-state index is 6.38. The highest BCUT2D eigenvalue weighted by Gasteiger charge is 2.36. The first-order valence-corrected chi connectivity index (χ1v) is 15.4. The Labute approximate surface area is 207 Å². The average Bonchev–Trinajstić information content (AvgIpc) is 3.46. The van der Waals surface area contributed by atoms with Gasteiger partial charge >= 0.3 is 0 Å². The molecule has 1 aromatic carbocycles. The number of hydrogen-bond donors (Lipinski definition) is 1. The van der Waals surface area contributed by atoms with Crippen molar-refractivity contribution in [2.24, 2.45) is 0 Å². The van der Waals surface area contributed by atoms with Crippen molar-refractivity contribution in [3.8, 4) is 11.3 Å². The molecule has 0 radical (unpaired) electrons. The molecule has 8 nitrogen and oxygen atoms in total. The van der Waals surface area contributed by atoms with Gasteiger partial charge in [0.2, 0.25) is 0 Å². The number of fused-ring (bicyclic) bond motifs is 3. The molecule has 9 heteroatoms. The smallest absolute Gasteiger partial charge is 0.192 e. The second-order valence-electron chi connectivity index (χ2n) is 11.0. The molecule has 1 fully saturated rings. The maximum Gasteiger partial charge on any atom is 0.192 e. The summed E-state index contributed by atoms with van der Waals surface area (Å²) in [6, 6.07) is 8.29. The molecule has 1 aliphatic rings. The van der Waals surface area contributed by atoms with Gasteiger partial charge in [0.1, 0.15) is 11.3 Å². The highest BCUT2D eigenvalue weighted by Crippen LogP contribution is 2.37. The number of pyridine rings is 1. The van der Waals surface area contributed by atoms with E-state index in [2.05, 4.69) is 57.2 Å². The van der Waals surface area contributed by atoms with Crippen LogP contribution in [0.5, 0.6) is 0 Å². The standard InChI is InChI=1S/C26H36N6O2Si/c1-26(2,3)35(4,5)34-15-13-31-17-20-24(30-31)19-10-9-18(16-21(19)29-25(20)27)22-11-12-28-32(22)23-8-6-7-14-33-23/h9-12,16-17,23H,6-8,13-15H2,1-5H3,(H2,27,29). The molecule has 0 amide bonds. The minimum Gasteiger partial charge on any atom is -0.415 e. The molecule has 0 aliphatic carbocycles. The number of ether oxygens (including phenoxy) is 1. The van der Waals surface area contributed by atoms with Crippen LogP contribution in [0.4, 0.5) is 5.82 Å². The van der Waals surface area contributed by atoms with E-state index < -0.39 is 8.32 Å². The van der Waals surface area contributed by atoms with Crippen molar-refractivity contribution in [3.05, 3.63) is 36.7 Å². The molecule has 1 saturated heterocycles. The minimum atomic E-state index is -1.80. The minimum absolute atomic E-state index is 0.0193. The third kappa shape index (κ3) is 4.60. The lowest BCUT2D eigenvalue weighted by Gasteiger charge is -2.36. The van der Waals surface area contributed by atoms with Gasteiger partial charge in [-0.15, -0.1) is 0 Å². The van der Waals surface area contributed by atoms with Crippen molar-refractivity contribution in [1.29, 1.82) is 0 Å². The molecule has 0 saturated carbocycles. The second kappa shape index (κ2) is 9.04. The van der Waals surface area contributed by atoms with E-state index in [0.29, 0.717) is 19.0 Å². The van der Waals surface area contributed by atoms with Crippen LogP contribution < -0.4 is 5.73 Å². The zero-order valence-corrected chi connectivity index (χ0v) is 22.4. The van der Waals surface area contributed by atoms with E-state index in [1.807, 2.05) is 27.8 Å². The summed E-state index contributed by atoms with van der Waals surface area (Å²) < 4.78 is 16.2.